The predicted molar refractivity (Wildman–Crippen MR) is 154 cm³/mol. The van der Waals surface area contributed by atoms with Crippen molar-refractivity contribution in [2.75, 3.05) is 18.4 Å². The number of nitrogens with zero attached hydrogens (tertiary/aromatic N) is 1. The third-order valence-electron chi connectivity index (χ3n) is 6.57. The number of nitrogens with one attached hydrogen (secondary N) is 3. The van der Waals surface area contributed by atoms with E-state index in [1.54, 1.807) is 23.1 Å². The number of rotatable bonds is 6. The van der Waals surface area contributed by atoms with E-state index in [2.05, 4.69) is 36.7 Å². The Hall–Kier alpha value is -2.68. The van der Waals surface area contributed by atoms with Crippen LogP contribution in [0, 0.1) is 11.3 Å². The van der Waals surface area contributed by atoms with Gasteiger partial charge in [0.05, 0.1) is 27.0 Å². The van der Waals surface area contributed by atoms with Gasteiger partial charge >= 0.3 is 6.03 Å². The lowest BCUT2D eigenvalue weighted by atomic mass is 9.92. The maximum absolute atomic E-state index is 14.0. The summed E-state index contributed by atoms with van der Waals surface area (Å²) in [5.74, 6) is -0.945. The second kappa shape index (κ2) is 12.0. The lowest BCUT2D eigenvalue weighted by Gasteiger charge is -2.37. The fourth-order valence-corrected chi connectivity index (χ4v) is 6.25. The van der Waals surface area contributed by atoms with Crippen LogP contribution in [0.2, 0.25) is 10.0 Å². The first-order valence-corrected chi connectivity index (χ1v) is 14.2. The van der Waals surface area contributed by atoms with Crippen molar-refractivity contribution < 1.29 is 14.4 Å². The summed E-state index contributed by atoms with van der Waals surface area (Å²) in [5, 5.41) is 8.60. The molecule has 1 saturated heterocycles. The molecule has 2 aromatic carbocycles. The minimum atomic E-state index is -0.625. The molecule has 4 amide bonds. The van der Waals surface area contributed by atoms with Gasteiger partial charge in [0.2, 0.25) is 11.8 Å². The molecule has 38 heavy (non-hydrogen) atoms. The first-order valence-electron chi connectivity index (χ1n) is 12.6. The molecule has 0 bridgehead atoms. The fraction of sp³-hybridized carbons (Fsp3) is 0.393. The van der Waals surface area contributed by atoms with Crippen molar-refractivity contribution in [1.29, 1.82) is 0 Å². The molecule has 7 nitrogen and oxygen atoms in total. The number of carbonyl (C=O) groups excluding carboxylic acids is 3. The van der Waals surface area contributed by atoms with E-state index in [0.717, 1.165) is 10.5 Å². The molecule has 0 aromatic heterocycles. The third-order valence-corrected chi connectivity index (χ3v) is 9.06. The van der Waals surface area contributed by atoms with Crippen LogP contribution in [0.4, 0.5) is 10.5 Å². The first-order chi connectivity index (χ1) is 18.0. The molecule has 2 aliphatic rings. The highest BCUT2D eigenvalue weighted by Gasteiger charge is 2.43. The Kier molecular flexibility index (Phi) is 8.96. The van der Waals surface area contributed by atoms with Gasteiger partial charge in [-0.25, -0.2) is 4.79 Å². The van der Waals surface area contributed by atoms with Gasteiger partial charge in [-0.15, -0.1) is 11.8 Å². The van der Waals surface area contributed by atoms with Crippen molar-refractivity contribution in [3.63, 3.8) is 0 Å². The van der Waals surface area contributed by atoms with Gasteiger partial charge in [-0.3, -0.25) is 9.59 Å². The molecule has 2 aromatic rings. The van der Waals surface area contributed by atoms with Crippen molar-refractivity contribution in [1.82, 2.24) is 15.5 Å². The molecular weight excluding hydrogens is 543 g/mol. The van der Waals surface area contributed by atoms with Crippen LogP contribution in [0.5, 0.6) is 0 Å². The summed E-state index contributed by atoms with van der Waals surface area (Å²) >= 11 is 13.8. The van der Waals surface area contributed by atoms with Crippen molar-refractivity contribution >= 4 is 58.5 Å². The van der Waals surface area contributed by atoms with Gasteiger partial charge in [0, 0.05) is 13.1 Å². The van der Waals surface area contributed by atoms with E-state index in [0.29, 0.717) is 36.6 Å². The Morgan fingerprint density at radius 1 is 1.11 bits per heavy atom. The number of halogens is 2. The van der Waals surface area contributed by atoms with E-state index in [1.807, 2.05) is 36.4 Å². The third kappa shape index (κ3) is 6.65. The van der Waals surface area contributed by atoms with Gasteiger partial charge in [0.15, 0.2) is 0 Å². The van der Waals surface area contributed by atoms with E-state index in [1.165, 1.54) is 11.8 Å². The second-order valence-electron chi connectivity index (χ2n) is 10.4. The zero-order valence-corrected chi connectivity index (χ0v) is 23.9. The number of thioether (sulfide) groups is 1. The topological polar surface area (TPSA) is 90.5 Å². The van der Waals surface area contributed by atoms with Gasteiger partial charge in [-0.05, 0) is 40.9 Å². The SMILES string of the molecule is CC(C)(C)C1=CC(C(=O)N2CCNC(=O)C2CCc2ccccc2)C(NC(=O)Nc2cccc(Cl)c2Cl)S1. The summed E-state index contributed by atoms with van der Waals surface area (Å²) < 4.78 is 0. The number of anilines is 1. The molecule has 0 radical (unpaired) electrons. The fourth-order valence-electron chi connectivity index (χ4n) is 4.54. The molecule has 3 unspecified atom stereocenters. The van der Waals surface area contributed by atoms with Crippen molar-refractivity contribution in [2.24, 2.45) is 11.3 Å². The normalized spacial score (nSPS) is 21.5. The number of urea groups is 1. The molecule has 2 heterocycles. The zero-order chi connectivity index (χ0) is 27.4. The van der Waals surface area contributed by atoms with Crippen LogP contribution in [0.15, 0.2) is 59.5 Å². The molecule has 3 N–H and O–H groups in total. The quantitative estimate of drug-likeness (QED) is 0.413. The number of benzene rings is 2. The molecule has 1 fully saturated rings. The van der Waals surface area contributed by atoms with Crippen molar-refractivity contribution in [2.45, 2.75) is 45.0 Å². The first kappa shape index (κ1) is 28.3. The van der Waals surface area contributed by atoms with Crippen LogP contribution in [-0.2, 0) is 16.0 Å². The molecule has 0 aliphatic carbocycles. The van der Waals surface area contributed by atoms with E-state index < -0.39 is 23.4 Å². The summed E-state index contributed by atoms with van der Waals surface area (Å²) in [7, 11) is 0. The molecule has 4 rings (SSSR count). The number of hydrogen-bond donors (Lipinski definition) is 3. The van der Waals surface area contributed by atoms with Crippen molar-refractivity contribution in [3.8, 4) is 0 Å². The lowest BCUT2D eigenvalue weighted by Crippen LogP contribution is -2.59. The number of amides is 4. The van der Waals surface area contributed by atoms with Crippen LogP contribution >= 0.6 is 35.0 Å². The standard InChI is InChI=1S/C28H32Cl2N4O3S/c1-28(2,3)22-16-18(25(38-22)33-27(37)32-20-11-7-10-19(29)23(20)30)26(36)34-15-14-31-24(35)21(34)13-12-17-8-5-4-6-9-17/h4-11,16,18,21,25H,12-15H2,1-3H3,(H,31,35)(H2,32,33,37). The summed E-state index contributed by atoms with van der Waals surface area (Å²) in [5.41, 5.74) is 1.28. The van der Waals surface area contributed by atoms with Crippen LogP contribution in [0.25, 0.3) is 0 Å². The van der Waals surface area contributed by atoms with Crippen LogP contribution in [0.1, 0.15) is 32.8 Å². The van der Waals surface area contributed by atoms with Crippen molar-refractivity contribution in [3.05, 3.63) is 75.1 Å². The maximum atomic E-state index is 14.0. The van der Waals surface area contributed by atoms with Crippen LogP contribution < -0.4 is 16.0 Å². The lowest BCUT2D eigenvalue weighted by molar-refractivity contribution is -0.145. The van der Waals surface area contributed by atoms with E-state index >= 15 is 0 Å². The largest absolute Gasteiger partial charge is 0.353 e. The van der Waals surface area contributed by atoms with Crippen LogP contribution in [-0.4, -0.2) is 47.3 Å². The smallest absolute Gasteiger partial charge is 0.320 e. The van der Waals surface area contributed by atoms with E-state index in [9.17, 15) is 14.4 Å². The van der Waals surface area contributed by atoms with Gasteiger partial charge in [-0.1, -0.05) is 86.4 Å². The van der Waals surface area contributed by atoms with E-state index in [4.69, 9.17) is 23.2 Å². The number of allylic oxidation sites excluding steroid dienone is 1. The van der Waals surface area contributed by atoms with Gasteiger partial charge in [0.25, 0.3) is 0 Å². The Bertz CT molecular complexity index is 1230. The second-order valence-corrected chi connectivity index (χ2v) is 12.4. The number of piperazine rings is 1. The summed E-state index contributed by atoms with van der Waals surface area (Å²) in [4.78, 5) is 42.5. The highest BCUT2D eigenvalue weighted by molar-refractivity contribution is 8.04. The Morgan fingerprint density at radius 3 is 2.55 bits per heavy atom. The molecule has 0 saturated carbocycles. The minimum Gasteiger partial charge on any atom is -0.353 e. The predicted octanol–water partition coefficient (Wildman–Crippen LogP) is 5.69. The summed E-state index contributed by atoms with van der Waals surface area (Å²) in [6.45, 7) is 7.02. The van der Waals surface area contributed by atoms with Gasteiger partial charge in [0.1, 0.15) is 6.04 Å². The number of hydrogen-bond acceptors (Lipinski definition) is 4. The molecule has 3 atom stereocenters. The molecule has 2 aliphatic heterocycles. The van der Waals surface area contributed by atoms with E-state index in [-0.39, 0.29) is 22.3 Å². The highest BCUT2D eigenvalue weighted by atomic mass is 35.5. The summed E-state index contributed by atoms with van der Waals surface area (Å²) in [6, 6.07) is 13.8. The average molecular weight is 576 g/mol. The minimum absolute atomic E-state index is 0.149. The average Bonchev–Trinajstić information content (AvgIpc) is 3.30. The monoisotopic (exact) mass is 574 g/mol. The van der Waals surface area contributed by atoms with Crippen LogP contribution in [0.3, 0.4) is 0 Å². The Labute approximate surface area is 237 Å². The summed E-state index contributed by atoms with van der Waals surface area (Å²) in [6.07, 6.45) is 3.13. The molecule has 202 valence electrons. The number of carbonyl (C=O) groups is 3. The Balaban J connectivity index is 1.52. The number of aryl methyl sites for hydroxylation is 1. The maximum Gasteiger partial charge on any atom is 0.320 e. The molecule has 10 heteroatoms. The highest BCUT2D eigenvalue weighted by Crippen LogP contribution is 2.45. The van der Waals surface area contributed by atoms with Gasteiger partial charge in [-0.2, -0.15) is 0 Å². The Morgan fingerprint density at radius 2 is 1.84 bits per heavy atom. The zero-order valence-electron chi connectivity index (χ0n) is 21.6. The van der Waals surface area contributed by atoms with Gasteiger partial charge < -0.3 is 20.9 Å². The molecule has 0 spiro atoms. The molecular formula is C28H32Cl2N4O3S.